The molecular weight excluding hydrogens is 398 g/mol. The molecular formula is C20H27N9O2. The molecule has 4 heterocycles. The summed E-state index contributed by atoms with van der Waals surface area (Å²) in [6.45, 7) is 5.76. The molecule has 11 heteroatoms. The van der Waals surface area contributed by atoms with Crippen molar-refractivity contribution in [2.45, 2.75) is 26.3 Å². The molecule has 0 bridgehead atoms. The van der Waals surface area contributed by atoms with Crippen LogP contribution < -0.4 is 20.7 Å². The molecule has 3 aromatic heterocycles. The molecule has 31 heavy (non-hydrogen) atoms. The Morgan fingerprint density at radius 1 is 1.32 bits per heavy atom. The minimum Gasteiger partial charge on any atom is -0.481 e. The number of aryl methyl sites for hydroxylation is 2. The maximum absolute atomic E-state index is 12.9. The van der Waals surface area contributed by atoms with E-state index >= 15 is 0 Å². The minimum atomic E-state index is -0.151. The number of fused-ring (bicyclic) bond motifs is 1. The molecule has 1 saturated heterocycles. The molecule has 1 aliphatic heterocycles. The highest BCUT2D eigenvalue weighted by Crippen LogP contribution is 2.29. The summed E-state index contributed by atoms with van der Waals surface area (Å²) >= 11 is 0. The van der Waals surface area contributed by atoms with Crippen molar-refractivity contribution in [3.63, 3.8) is 0 Å². The van der Waals surface area contributed by atoms with Gasteiger partial charge in [0.15, 0.2) is 5.65 Å². The van der Waals surface area contributed by atoms with Crippen molar-refractivity contribution in [3.05, 3.63) is 24.0 Å². The van der Waals surface area contributed by atoms with E-state index in [1.165, 1.54) is 0 Å². The van der Waals surface area contributed by atoms with E-state index < -0.39 is 0 Å². The van der Waals surface area contributed by atoms with Crippen LogP contribution in [0.15, 0.2) is 18.5 Å². The second kappa shape index (κ2) is 8.25. The Morgan fingerprint density at radius 2 is 2.13 bits per heavy atom. The first-order valence-electron chi connectivity index (χ1n) is 10.2. The Kier molecular flexibility index (Phi) is 5.49. The number of nitrogens with zero attached hydrogens (tertiary/aromatic N) is 7. The Morgan fingerprint density at radius 3 is 2.84 bits per heavy atom. The lowest BCUT2D eigenvalue weighted by atomic mass is 10.1. The molecule has 4 rings (SSSR count). The standard InChI is InChI=1S/C20H27N9O2/c1-5-13-11-28(20(30)24-15-10-22-16(31-4)8-12(15)2)6-7-29(13)18-14-9-23-27(3)17(14)25-19(21)26-18/h8-10,13H,5-7,11H2,1-4H3,(H,24,30)(H2,21,25,26)/t13-/m0/s1. The number of amides is 2. The van der Waals surface area contributed by atoms with E-state index in [2.05, 4.69) is 37.2 Å². The molecule has 1 atom stereocenters. The summed E-state index contributed by atoms with van der Waals surface area (Å²) in [6.07, 6.45) is 4.22. The van der Waals surface area contributed by atoms with Crippen molar-refractivity contribution in [2.24, 2.45) is 7.05 Å². The van der Waals surface area contributed by atoms with Gasteiger partial charge in [0.1, 0.15) is 5.82 Å². The van der Waals surface area contributed by atoms with Gasteiger partial charge in [0.25, 0.3) is 0 Å². The molecule has 1 fully saturated rings. The van der Waals surface area contributed by atoms with E-state index in [-0.39, 0.29) is 18.0 Å². The molecule has 0 saturated carbocycles. The van der Waals surface area contributed by atoms with Gasteiger partial charge in [-0.2, -0.15) is 15.1 Å². The number of pyridine rings is 1. The number of piperazine rings is 1. The number of carbonyl (C=O) groups is 1. The quantitative estimate of drug-likeness (QED) is 0.648. The second-order valence-corrected chi connectivity index (χ2v) is 7.58. The van der Waals surface area contributed by atoms with E-state index in [1.807, 2.05) is 18.9 Å². The van der Waals surface area contributed by atoms with Crippen molar-refractivity contribution in [2.75, 3.05) is 42.7 Å². The maximum atomic E-state index is 12.9. The van der Waals surface area contributed by atoms with Crippen LogP contribution in [0.3, 0.4) is 0 Å². The second-order valence-electron chi connectivity index (χ2n) is 7.58. The van der Waals surface area contributed by atoms with E-state index in [1.54, 1.807) is 30.3 Å². The van der Waals surface area contributed by atoms with Crippen LogP contribution in [-0.2, 0) is 7.05 Å². The molecule has 164 valence electrons. The van der Waals surface area contributed by atoms with Gasteiger partial charge in [-0.05, 0) is 18.9 Å². The van der Waals surface area contributed by atoms with Crippen molar-refractivity contribution in [1.82, 2.24) is 29.6 Å². The highest BCUT2D eigenvalue weighted by molar-refractivity contribution is 5.91. The van der Waals surface area contributed by atoms with Gasteiger partial charge in [-0.15, -0.1) is 0 Å². The van der Waals surface area contributed by atoms with Crippen LogP contribution in [0, 0.1) is 6.92 Å². The Bertz CT molecular complexity index is 1110. The highest BCUT2D eigenvalue weighted by Gasteiger charge is 2.31. The number of aromatic nitrogens is 5. The van der Waals surface area contributed by atoms with Gasteiger partial charge in [-0.3, -0.25) is 4.68 Å². The molecule has 0 radical (unpaired) electrons. The number of anilines is 3. The van der Waals surface area contributed by atoms with Crippen molar-refractivity contribution >= 4 is 34.5 Å². The summed E-state index contributed by atoms with van der Waals surface area (Å²) in [6, 6.07) is 1.73. The number of rotatable bonds is 4. The first-order valence-corrected chi connectivity index (χ1v) is 10.2. The maximum Gasteiger partial charge on any atom is 0.322 e. The van der Waals surface area contributed by atoms with Crippen molar-refractivity contribution in [1.29, 1.82) is 0 Å². The minimum absolute atomic E-state index is 0.0901. The number of hydrogen-bond acceptors (Lipinski definition) is 8. The summed E-state index contributed by atoms with van der Waals surface area (Å²) in [4.78, 5) is 29.9. The van der Waals surface area contributed by atoms with Crippen LogP contribution in [0.25, 0.3) is 11.0 Å². The largest absolute Gasteiger partial charge is 0.481 e. The molecule has 11 nitrogen and oxygen atoms in total. The fourth-order valence-corrected chi connectivity index (χ4v) is 3.88. The number of nitrogen functional groups attached to an aromatic ring is 1. The lowest BCUT2D eigenvalue weighted by Gasteiger charge is -2.42. The number of nitrogens with one attached hydrogen (secondary N) is 1. The van der Waals surface area contributed by atoms with Gasteiger partial charge in [0.05, 0.1) is 30.6 Å². The zero-order valence-corrected chi connectivity index (χ0v) is 18.2. The third kappa shape index (κ3) is 3.90. The van der Waals surface area contributed by atoms with Gasteiger partial charge in [-0.25, -0.2) is 9.78 Å². The first kappa shape index (κ1) is 20.6. The zero-order valence-electron chi connectivity index (χ0n) is 18.2. The third-order valence-electron chi connectivity index (χ3n) is 5.64. The van der Waals surface area contributed by atoms with Gasteiger partial charge < -0.3 is 25.6 Å². The van der Waals surface area contributed by atoms with Gasteiger partial charge in [0, 0.05) is 38.8 Å². The predicted octanol–water partition coefficient (Wildman–Crippen LogP) is 1.79. The fourth-order valence-electron chi connectivity index (χ4n) is 3.88. The SMILES string of the molecule is CC[C@H]1CN(C(=O)Nc2cnc(OC)cc2C)CCN1c1nc(N)nc2c1cnn2C. The lowest BCUT2D eigenvalue weighted by Crippen LogP contribution is -2.56. The van der Waals surface area contributed by atoms with Crippen molar-refractivity contribution in [3.8, 4) is 5.88 Å². The third-order valence-corrected chi connectivity index (χ3v) is 5.64. The number of ether oxygens (including phenoxy) is 1. The molecule has 0 aromatic carbocycles. The molecule has 1 aliphatic rings. The van der Waals surface area contributed by atoms with Crippen LogP contribution >= 0.6 is 0 Å². The molecule has 0 spiro atoms. The van der Waals surface area contributed by atoms with Crippen LogP contribution in [0.1, 0.15) is 18.9 Å². The number of hydrogen-bond donors (Lipinski definition) is 2. The lowest BCUT2D eigenvalue weighted by molar-refractivity contribution is 0.197. The summed E-state index contributed by atoms with van der Waals surface area (Å²) in [5.41, 5.74) is 8.22. The molecule has 3 aromatic rings. The highest BCUT2D eigenvalue weighted by atomic mass is 16.5. The normalized spacial score (nSPS) is 16.6. The average Bonchev–Trinajstić information content (AvgIpc) is 3.14. The number of carbonyl (C=O) groups excluding carboxylic acids is 1. The Balaban J connectivity index is 1.52. The molecule has 0 aliphatic carbocycles. The van der Waals surface area contributed by atoms with E-state index in [9.17, 15) is 4.79 Å². The summed E-state index contributed by atoms with van der Waals surface area (Å²) in [5, 5.41) is 8.11. The molecule has 3 N–H and O–H groups in total. The summed E-state index contributed by atoms with van der Waals surface area (Å²) in [5.74, 6) is 1.49. The zero-order chi connectivity index (χ0) is 22.1. The van der Waals surface area contributed by atoms with E-state index in [0.29, 0.717) is 36.8 Å². The van der Waals surface area contributed by atoms with Crippen LogP contribution in [0.5, 0.6) is 5.88 Å². The topological polar surface area (TPSA) is 127 Å². The predicted molar refractivity (Wildman–Crippen MR) is 118 cm³/mol. The molecule has 2 amide bonds. The van der Waals surface area contributed by atoms with E-state index in [4.69, 9.17) is 10.5 Å². The van der Waals surface area contributed by atoms with Gasteiger partial charge in [-0.1, -0.05) is 6.92 Å². The number of methoxy groups -OCH3 is 1. The number of nitrogens with two attached hydrogens (primary N) is 1. The first-order chi connectivity index (χ1) is 14.9. The smallest absolute Gasteiger partial charge is 0.322 e. The number of urea groups is 1. The van der Waals surface area contributed by atoms with Crippen LogP contribution in [0.2, 0.25) is 0 Å². The van der Waals surface area contributed by atoms with Crippen LogP contribution in [-0.4, -0.2) is 68.4 Å². The summed E-state index contributed by atoms with van der Waals surface area (Å²) < 4.78 is 6.82. The Hall–Kier alpha value is -3.63. The van der Waals surface area contributed by atoms with Gasteiger partial charge in [0.2, 0.25) is 11.8 Å². The van der Waals surface area contributed by atoms with Crippen molar-refractivity contribution < 1.29 is 9.53 Å². The Labute approximate surface area is 180 Å². The fraction of sp³-hybridized carbons (Fsp3) is 0.450. The van der Waals surface area contributed by atoms with Crippen LogP contribution in [0.4, 0.5) is 22.2 Å². The monoisotopic (exact) mass is 425 g/mol. The molecule has 0 unspecified atom stereocenters. The average molecular weight is 425 g/mol. The van der Waals surface area contributed by atoms with Gasteiger partial charge >= 0.3 is 6.03 Å². The van der Waals surface area contributed by atoms with E-state index in [0.717, 1.165) is 23.2 Å². The summed E-state index contributed by atoms with van der Waals surface area (Å²) in [7, 11) is 3.39.